The molecule has 5 heavy (non-hydrogen) atoms. The Balaban J connectivity index is 0. The molecule has 0 unspecified atom stereocenters. The molecular formula is H2CoCuMnNiSn. The van der Waals surface area contributed by atoms with Crippen molar-refractivity contribution in [3.63, 3.8) is 0 Å². The van der Waals surface area contributed by atoms with Crippen molar-refractivity contribution < 1.29 is 67.4 Å². The molecule has 0 aromatic rings. The summed E-state index contributed by atoms with van der Waals surface area (Å²) >= 11 is 0. The van der Waals surface area contributed by atoms with Gasteiger partial charge < -0.3 is 0 Å². The predicted molar refractivity (Wildman–Crippen MR) is 8.54 cm³/mol. The molecule has 5 radical (unpaired) electrons. The fraction of sp³-hybridized carbons (Fsp3) is 0. The third kappa shape index (κ3) is 19.9. The average Bonchev–Trinajstić information content (AvgIpc) is 0. The molecule has 0 rings (SSSR count). The molecule has 0 aliphatic heterocycles. The summed E-state index contributed by atoms with van der Waals surface area (Å²) in [6.45, 7) is 0. The fourth-order valence-corrected chi connectivity index (χ4v) is 0. The molecule has 0 aromatic heterocycles. The van der Waals surface area contributed by atoms with E-state index in [0.29, 0.717) is 0 Å². The molecule has 0 heterocycles. The molecular weight excluding hydrogens is 355 g/mol. The van der Waals surface area contributed by atoms with E-state index in [1.807, 2.05) is 0 Å². The van der Waals surface area contributed by atoms with Crippen molar-refractivity contribution >= 4 is 23.9 Å². The van der Waals surface area contributed by atoms with E-state index in [9.17, 15) is 0 Å². The Bertz CT molecular complexity index is 11.6. The first-order valence-electron chi connectivity index (χ1n) is 0. The van der Waals surface area contributed by atoms with Gasteiger partial charge in [-0.1, -0.05) is 0 Å². The van der Waals surface area contributed by atoms with Crippen LogP contribution < -0.4 is 0 Å². The Kier molecular flexibility index (Phi) is 263. The molecule has 0 amide bonds. The molecule has 0 saturated carbocycles. The Morgan fingerprint density at radius 3 is 1.00 bits per heavy atom. The van der Waals surface area contributed by atoms with Gasteiger partial charge >= 0.3 is 23.9 Å². The maximum atomic E-state index is 0. The van der Waals surface area contributed by atoms with Crippen molar-refractivity contribution in [2.24, 2.45) is 0 Å². The normalized spacial score (nSPS) is 0. The van der Waals surface area contributed by atoms with Crippen LogP contribution in [-0.2, 0) is 67.4 Å². The minimum atomic E-state index is 0. The van der Waals surface area contributed by atoms with E-state index in [1.165, 1.54) is 0 Å². The molecule has 0 spiro atoms. The SMILES string of the molecule is [Co].[Cu].[Mn].[Ni].[SnH2]. The molecule has 5 heteroatoms. The van der Waals surface area contributed by atoms with Crippen LogP contribution in [0.15, 0.2) is 0 Å². The fourth-order valence-electron chi connectivity index (χ4n) is 0. The minimum absolute atomic E-state index is 0. The zero-order valence-corrected chi connectivity index (χ0v) is 10.2. The third-order valence-corrected chi connectivity index (χ3v) is 0. The van der Waals surface area contributed by atoms with Gasteiger partial charge in [0.05, 0.1) is 0 Å². The van der Waals surface area contributed by atoms with E-state index in [1.54, 1.807) is 0 Å². The topological polar surface area (TPSA) is 0 Å². The summed E-state index contributed by atoms with van der Waals surface area (Å²) in [5.41, 5.74) is 0. The van der Waals surface area contributed by atoms with Gasteiger partial charge in [0.2, 0.25) is 0 Å². The van der Waals surface area contributed by atoms with E-state index in [4.69, 9.17) is 0 Å². The van der Waals surface area contributed by atoms with Gasteiger partial charge in [0.1, 0.15) is 0 Å². The summed E-state index contributed by atoms with van der Waals surface area (Å²) in [5, 5.41) is 0. The van der Waals surface area contributed by atoms with E-state index in [0.717, 1.165) is 0 Å². The first-order chi connectivity index (χ1) is 0. The van der Waals surface area contributed by atoms with Crippen LogP contribution in [0.1, 0.15) is 0 Å². The van der Waals surface area contributed by atoms with Crippen LogP contribution >= 0.6 is 0 Å². The van der Waals surface area contributed by atoms with Crippen molar-refractivity contribution in [1.82, 2.24) is 0 Å². The van der Waals surface area contributed by atoms with Gasteiger partial charge in [0.25, 0.3) is 0 Å². The Labute approximate surface area is 90.0 Å². The molecule has 0 atom stereocenters. The summed E-state index contributed by atoms with van der Waals surface area (Å²) < 4.78 is 0. The second kappa shape index (κ2) is 28.9. The van der Waals surface area contributed by atoms with Crippen molar-refractivity contribution in [3.8, 4) is 0 Å². The maximum absolute atomic E-state index is 0. The number of hydrogen-bond acceptors (Lipinski definition) is 0. The summed E-state index contributed by atoms with van der Waals surface area (Å²) in [6.07, 6.45) is 0. The summed E-state index contributed by atoms with van der Waals surface area (Å²) in [5.74, 6) is 0. The monoisotopic (exact) mass is 357 g/mol. The molecule has 0 bridgehead atoms. The molecule has 0 fully saturated rings. The van der Waals surface area contributed by atoms with Crippen LogP contribution in [0.5, 0.6) is 0 Å². The van der Waals surface area contributed by atoms with E-state index < -0.39 is 0 Å². The van der Waals surface area contributed by atoms with Crippen LogP contribution in [0.3, 0.4) is 0 Å². The van der Waals surface area contributed by atoms with Crippen molar-refractivity contribution in [2.75, 3.05) is 0 Å². The first kappa shape index (κ1) is 45.5. The average molecular weight is 357 g/mol. The number of rotatable bonds is 0. The summed E-state index contributed by atoms with van der Waals surface area (Å²) in [4.78, 5) is 0. The van der Waals surface area contributed by atoms with Crippen molar-refractivity contribution in [1.29, 1.82) is 0 Å². The Morgan fingerprint density at radius 1 is 1.00 bits per heavy atom. The molecule has 0 aromatic carbocycles. The molecule has 43 valence electrons. The van der Waals surface area contributed by atoms with Gasteiger partial charge in [-0.15, -0.1) is 0 Å². The van der Waals surface area contributed by atoms with Crippen LogP contribution in [0, 0.1) is 0 Å². The van der Waals surface area contributed by atoms with Gasteiger partial charge in [-0.05, 0) is 0 Å². The van der Waals surface area contributed by atoms with Crippen molar-refractivity contribution in [3.05, 3.63) is 0 Å². The predicted octanol–water partition coefficient (Wildman–Crippen LogP) is -0.926. The van der Waals surface area contributed by atoms with Crippen LogP contribution in [0.2, 0.25) is 0 Å². The molecule has 0 saturated heterocycles. The van der Waals surface area contributed by atoms with Crippen molar-refractivity contribution in [2.45, 2.75) is 0 Å². The van der Waals surface area contributed by atoms with Crippen LogP contribution in [0.4, 0.5) is 0 Å². The van der Waals surface area contributed by atoms with Gasteiger partial charge in [0, 0.05) is 67.4 Å². The van der Waals surface area contributed by atoms with Gasteiger partial charge in [-0.3, -0.25) is 0 Å². The van der Waals surface area contributed by atoms with E-state index >= 15 is 0 Å². The molecule has 0 N–H and O–H groups in total. The molecule has 0 nitrogen and oxygen atoms in total. The summed E-state index contributed by atoms with van der Waals surface area (Å²) in [6, 6.07) is 0. The van der Waals surface area contributed by atoms with E-state index in [2.05, 4.69) is 0 Å². The zero-order valence-electron chi connectivity index (χ0n) is 2.04. The van der Waals surface area contributed by atoms with Crippen LogP contribution in [-0.4, -0.2) is 23.9 Å². The third-order valence-electron chi connectivity index (χ3n) is 0. The quantitative estimate of drug-likeness (QED) is 0.492. The number of hydrogen-bond donors (Lipinski definition) is 0. The van der Waals surface area contributed by atoms with Gasteiger partial charge in [-0.2, -0.15) is 0 Å². The molecule has 0 aliphatic carbocycles. The van der Waals surface area contributed by atoms with Gasteiger partial charge in [0.15, 0.2) is 0 Å². The van der Waals surface area contributed by atoms with Gasteiger partial charge in [-0.25, -0.2) is 0 Å². The van der Waals surface area contributed by atoms with Crippen LogP contribution in [0.25, 0.3) is 0 Å². The summed E-state index contributed by atoms with van der Waals surface area (Å²) in [7, 11) is 0. The standard InChI is InChI=1S/Co.Cu.Mn.Ni.Sn.2H. The van der Waals surface area contributed by atoms with E-state index in [-0.39, 0.29) is 91.3 Å². The second-order valence-electron chi connectivity index (χ2n) is 0. The second-order valence-corrected chi connectivity index (χ2v) is 0. The molecule has 0 aliphatic rings. The zero-order chi connectivity index (χ0) is 0. The first-order valence-corrected chi connectivity index (χ1v) is 0. The Morgan fingerprint density at radius 2 is 1.00 bits per heavy atom. The Hall–Kier alpha value is 2.84.